The molecule has 0 aliphatic heterocycles. The van der Waals surface area contributed by atoms with Gasteiger partial charge in [0, 0.05) is 5.56 Å². The number of hydrogen-bond donors (Lipinski definition) is 4. The van der Waals surface area contributed by atoms with Crippen LogP contribution in [0.3, 0.4) is 0 Å². The highest BCUT2D eigenvalue weighted by Gasteiger charge is 2.54. The van der Waals surface area contributed by atoms with Crippen molar-refractivity contribution in [3.05, 3.63) is 16.7 Å². The first kappa shape index (κ1) is 30.1. The Morgan fingerprint density at radius 1 is 0.972 bits per heavy atom. The summed E-state index contributed by atoms with van der Waals surface area (Å²) in [7, 11) is 0. The Labute approximate surface area is 217 Å². The molecule has 0 amide bonds. The molecule has 2 aliphatic rings. The summed E-state index contributed by atoms with van der Waals surface area (Å²) in [6.45, 7) is 16.8. The molecule has 6 heteroatoms. The minimum absolute atomic E-state index is 0.0699. The second-order valence-electron chi connectivity index (χ2n) is 12.7. The Morgan fingerprint density at radius 3 is 1.89 bits per heavy atom. The predicted molar refractivity (Wildman–Crippen MR) is 143 cm³/mol. The fraction of sp³-hybridized carbons (Fsp3) is 0.733. The maximum absolute atomic E-state index is 11.6. The van der Waals surface area contributed by atoms with Gasteiger partial charge >= 0.3 is 0 Å². The van der Waals surface area contributed by atoms with E-state index in [0.717, 1.165) is 38.0 Å². The molecule has 6 atom stereocenters. The van der Waals surface area contributed by atoms with Gasteiger partial charge in [0.1, 0.15) is 17.2 Å². The van der Waals surface area contributed by atoms with Gasteiger partial charge in [-0.05, 0) is 86.9 Å². The van der Waals surface area contributed by atoms with Crippen molar-refractivity contribution < 1.29 is 30.0 Å². The maximum atomic E-state index is 11.6. The summed E-state index contributed by atoms with van der Waals surface area (Å²) in [5, 5.41) is 42.6. The predicted octanol–water partition coefficient (Wildman–Crippen LogP) is 6.82. The Balaban J connectivity index is 0.00000106. The molecule has 204 valence electrons. The maximum Gasteiger partial charge on any atom is 0.157 e. The van der Waals surface area contributed by atoms with E-state index in [2.05, 4.69) is 34.6 Å². The summed E-state index contributed by atoms with van der Waals surface area (Å²) in [6.07, 6.45) is 5.94. The van der Waals surface area contributed by atoms with Gasteiger partial charge in [0.05, 0.1) is 16.7 Å². The van der Waals surface area contributed by atoms with Crippen LogP contribution >= 0.6 is 0 Å². The van der Waals surface area contributed by atoms with Crippen molar-refractivity contribution in [3.63, 3.8) is 0 Å². The molecule has 2 aliphatic carbocycles. The monoisotopic (exact) mass is 504 g/mol. The van der Waals surface area contributed by atoms with Crippen molar-refractivity contribution in [2.24, 2.45) is 35.0 Å². The average molecular weight is 505 g/mol. The molecule has 1 aromatic rings. The summed E-state index contributed by atoms with van der Waals surface area (Å²) in [5.74, 6) is 0.238. The zero-order valence-corrected chi connectivity index (χ0v) is 23.5. The molecule has 2 unspecified atom stereocenters. The molecule has 4 N–H and O–H groups in total. The third-order valence-corrected chi connectivity index (χ3v) is 8.95. The molecule has 1 aromatic carbocycles. The number of carbonyl (C=O) groups is 2. The minimum atomic E-state index is -0.733. The normalized spacial score (nSPS) is 29.1. The van der Waals surface area contributed by atoms with Gasteiger partial charge in [0.2, 0.25) is 0 Å². The minimum Gasteiger partial charge on any atom is -0.507 e. The number of hydrogen-bond acceptors (Lipinski definition) is 6. The van der Waals surface area contributed by atoms with Crippen LogP contribution in [0.25, 0.3) is 0 Å². The van der Waals surface area contributed by atoms with E-state index < -0.39 is 22.8 Å². The largest absolute Gasteiger partial charge is 0.507 e. The zero-order valence-electron chi connectivity index (χ0n) is 23.5. The Hall–Kier alpha value is -2.08. The third kappa shape index (κ3) is 5.74. The summed E-state index contributed by atoms with van der Waals surface area (Å²) in [6, 6.07) is 0. The number of phenols is 3. The van der Waals surface area contributed by atoms with E-state index in [1.807, 2.05) is 20.8 Å². The van der Waals surface area contributed by atoms with Gasteiger partial charge in [-0.1, -0.05) is 48.0 Å². The van der Waals surface area contributed by atoms with Crippen LogP contribution in [0.2, 0.25) is 0 Å². The number of aliphatic hydroxyl groups is 1. The molecule has 0 radical (unpaired) electrons. The van der Waals surface area contributed by atoms with Crippen molar-refractivity contribution in [1.29, 1.82) is 0 Å². The van der Waals surface area contributed by atoms with E-state index >= 15 is 0 Å². The highest BCUT2D eigenvalue weighted by atomic mass is 16.3. The molecular weight excluding hydrogens is 456 g/mol. The van der Waals surface area contributed by atoms with Gasteiger partial charge in [0.15, 0.2) is 12.6 Å². The van der Waals surface area contributed by atoms with E-state index in [-0.39, 0.29) is 39.9 Å². The Bertz CT molecular complexity index is 893. The molecule has 0 spiro atoms. The van der Waals surface area contributed by atoms with Crippen LogP contribution < -0.4 is 0 Å². The number of fused-ring (bicyclic) bond motifs is 1. The summed E-state index contributed by atoms with van der Waals surface area (Å²) in [5.41, 5.74) is -1.31. The van der Waals surface area contributed by atoms with Crippen LogP contribution in [0.4, 0.5) is 0 Å². The van der Waals surface area contributed by atoms with E-state index in [9.17, 15) is 30.0 Å². The molecule has 3 rings (SSSR count). The molecule has 0 heterocycles. The highest BCUT2D eigenvalue weighted by molar-refractivity contribution is 5.94. The molecule has 2 saturated carbocycles. The first-order valence-corrected chi connectivity index (χ1v) is 13.6. The van der Waals surface area contributed by atoms with Crippen molar-refractivity contribution in [1.82, 2.24) is 0 Å². The highest BCUT2D eigenvalue weighted by Crippen LogP contribution is 2.63. The van der Waals surface area contributed by atoms with Crippen LogP contribution in [0, 0.1) is 35.0 Å². The smallest absolute Gasteiger partial charge is 0.157 e. The molecule has 2 fully saturated rings. The van der Waals surface area contributed by atoms with Crippen molar-refractivity contribution in [3.8, 4) is 17.2 Å². The van der Waals surface area contributed by atoms with Gasteiger partial charge in [0.25, 0.3) is 0 Å². The van der Waals surface area contributed by atoms with Crippen molar-refractivity contribution in [2.45, 2.75) is 105 Å². The van der Waals surface area contributed by atoms with Crippen LogP contribution in [0.5, 0.6) is 17.2 Å². The van der Waals surface area contributed by atoms with Gasteiger partial charge in [-0.2, -0.15) is 0 Å². The topological polar surface area (TPSA) is 115 Å². The molecule has 0 saturated heterocycles. The van der Waals surface area contributed by atoms with E-state index in [0.29, 0.717) is 30.8 Å². The fourth-order valence-electron chi connectivity index (χ4n) is 7.02. The lowest BCUT2D eigenvalue weighted by molar-refractivity contribution is -0.0999. The molecule has 6 nitrogen and oxygen atoms in total. The Kier molecular flexibility index (Phi) is 9.66. The average Bonchev–Trinajstić information content (AvgIpc) is 2.76. The lowest BCUT2D eigenvalue weighted by atomic mass is 9.47. The Morgan fingerprint density at radius 2 is 1.47 bits per heavy atom. The van der Waals surface area contributed by atoms with Gasteiger partial charge in [-0.25, -0.2) is 0 Å². The molecular formula is C30H48O6. The molecule has 36 heavy (non-hydrogen) atoms. The molecule has 0 bridgehead atoms. The lowest BCUT2D eigenvalue weighted by Gasteiger charge is -2.58. The van der Waals surface area contributed by atoms with Gasteiger partial charge < -0.3 is 20.4 Å². The second kappa shape index (κ2) is 11.5. The second-order valence-corrected chi connectivity index (χ2v) is 12.7. The van der Waals surface area contributed by atoms with Crippen molar-refractivity contribution >= 4 is 12.6 Å². The lowest BCUT2D eigenvalue weighted by Crippen LogP contribution is -2.51. The zero-order chi connectivity index (χ0) is 27.6. The number of aromatic hydroxyl groups is 3. The third-order valence-electron chi connectivity index (χ3n) is 8.95. The number of phenolic OH excluding ortho intramolecular Hbond substituents is 3. The summed E-state index contributed by atoms with van der Waals surface area (Å²) in [4.78, 5) is 23.2. The van der Waals surface area contributed by atoms with Crippen molar-refractivity contribution in [2.75, 3.05) is 0 Å². The number of rotatable bonds is 6. The standard InChI is InChI=1S/C26H38O6.C4H10/c1-6-16(21-23(30)17(12-27)22(29)18(13-28)24(21)31)19-8-7-14(2)20-11-15(25(3,4)32)9-10-26(19,20)5;1-4(2)3/h12-16,19-20,29-32H,6-11H2,1-5H3;4H,1-3H3/t14-,15+,16?,19-,20?,26-;/m0./s1. The van der Waals surface area contributed by atoms with E-state index in [1.54, 1.807) is 0 Å². The summed E-state index contributed by atoms with van der Waals surface area (Å²) >= 11 is 0. The number of benzene rings is 1. The van der Waals surface area contributed by atoms with Crippen LogP contribution in [-0.4, -0.2) is 38.6 Å². The number of aldehydes is 2. The van der Waals surface area contributed by atoms with Crippen LogP contribution in [0.1, 0.15) is 126 Å². The number of carbonyl (C=O) groups excluding carboxylic acids is 2. The van der Waals surface area contributed by atoms with Gasteiger partial charge in [-0.3, -0.25) is 9.59 Å². The fourth-order valence-corrected chi connectivity index (χ4v) is 7.02. The quantitative estimate of drug-likeness (QED) is 0.316. The van der Waals surface area contributed by atoms with Crippen LogP contribution in [-0.2, 0) is 0 Å². The van der Waals surface area contributed by atoms with E-state index in [1.165, 1.54) is 0 Å². The van der Waals surface area contributed by atoms with Gasteiger partial charge in [-0.15, -0.1) is 0 Å². The van der Waals surface area contributed by atoms with E-state index in [4.69, 9.17) is 0 Å². The molecule has 0 aromatic heterocycles. The first-order chi connectivity index (χ1) is 16.6. The van der Waals surface area contributed by atoms with Crippen LogP contribution in [0.15, 0.2) is 0 Å². The summed E-state index contributed by atoms with van der Waals surface area (Å²) < 4.78 is 0. The SMILES string of the molecule is CC(C)C.CCC(c1c(O)c(C=O)c(O)c(C=O)c1O)[C@@H]1CC[C@H](C)C2C[C@H](C(C)(C)O)CC[C@]21C. The first-order valence-electron chi connectivity index (χ1n) is 13.6.